The molecule has 1 aromatic carbocycles. The summed E-state index contributed by atoms with van der Waals surface area (Å²) in [4.78, 5) is 24.4. The lowest BCUT2D eigenvalue weighted by Gasteiger charge is -2.23. The average Bonchev–Trinajstić information content (AvgIpc) is 3.10. The Morgan fingerprint density at radius 3 is 2.93 bits per heavy atom. The molecular weight excluding hydrogens is 398 g/mol. The average molecular weight is 427 g/mol. The van der Waals surface area contributed by atoms with Crippen LogP contribution in [0.1, 0.15) is 48.1 Å². The molecule has 3 heterocycles. The van der Waals surface area contributed by atoms with E-state index in [4.69, 9.17) is 14.5 Å². The van der Waals surface area contributed by atoms with E-state index in [2.05, 4.69) is 38.0 Å². The highest BCUT2D eigenvalue weighted by molar-refractivity contribution is 7.18. The standard InChI is InChI=1S/C23H27N3O3S/c1-13-4-6-16-19(10-13)30-23-20(16)22(27)24-21(25-23)14(2)26(3)12-15-5-7-17-18(11-15)29-9-8-28-17/h5,7,11,13-14H,4,6,8-10,12H2,1-3H3,(H,24,25,27)/p+1/t13-,14-/m0/s1. The van der Waals surface area contributed by atoms with Gasteiger partial charge in [-0.1, -0.05) is 6.92 Å². The number of ether oxygens (including phenoxy) is 2. The Kier molecular flexibility index (Phi) is 5.03. The summed E-state index contributed by atoms with van der Waals surface area (Å²) in [5.74, 6) is 3.06. The van der Waals surface area contributed by atoms with Crippen molar-refractivity contribution >= 4 is 21.6 Å². The van der Waals surface area contributed by atoms with Crippen molar-refractivity contribution in [2.75, 3.05) is 20.3 Å². The molecule has 0 saturated heterocycles. The van der Waals surface area contributed by atoms with Crippen molar-refractivity contribution < 1.29 is 14.4 Å². The number of fused-ring (bicyclic) bond motifs is 4. The van der Waals surface area contributed by atoms with Crippen LogP contribution in [0.15, 0.2) is 23.0 Å². The topological polar surface area (TPSA) is 68.7 Å². The molecule has 158 valence electrons. The van der Waals surface area contributed by atoms with Gasteiger partial charge in [-0.3, -0.25) is 4.79 Å². The van der Waals surface area contributed by atoms with Crippen molar-refractivity contribution in [3.05, 3.63) is 50.4 Å². The molecule has 1 aliphatic heterocycles. The quantitative estimate of drug-likeness (QED) is 0.673. The molecule has 2 aliphatic rings. The van der Waals surface area contributed by atoms with Gasteiger partial charge in [-0.15, -0.1) is 11.3 Å². The monoisotopic (exact) mass is 426 g/mol. The Labute approximate surface area is 179 Å². The van der Waals surface area contributed by atoms with E-state index in [-0.39, 0.29) is 11.6 Å². The number of rotatable bonds is 4. The second-order valence-corrected chi connectivity index (χ2v) is 9.79. The Bertz CT molecular complexity index is 1150. The van der Waals surface area contributed by atoms with Gasteiger partial charge in [0.1, 0.15) is 30.6 Å². The molecule has 1 unspecified atom stereocenters. The number of H-pyrrole nitrogens is 1. The van der Waals surface area contributed by atoms with Gasteiger partial charge >= 0.3 is 0 Å². The smallest absolute Gasteiger partial charge is 0.260 e. The number of thiophene rings is 1. The molecule has 0 radical (unpaired) electrons. The van der Waals surface area contributed by atoms with Gasteiger partial charge in [0, 0.05) is 10.4 Å². The lowest BCUT2D eigenvalue weighted by atomic mass is 9.89. The second kappa shape index (κ2) is 7.71. The molecule has 30 heavy (non-hydrogen) atoms. The number of nitrogens with zero attached hydrogens (tertiary/aromatic N) is 1. The molecule has 0 bridgehead atoms. The third-order valence-electron chi connectivity index (χ3n) is 6.42. The molecule has 6 nitrogen and oxygen atoms in total. The van der Waals surface area contributed by atoms with Gasteiger partial charge in [-0.25, -0.2) is 4.98 Å². The predicted octanol–water partition coefficient (Wildman–Crippen LogP) is 2.66. The van der Waals surface area contributed by atoms with E-state index in [0.717, 1.165) is 53.3 Å². The highest BCUT2D eigenvalue weighted by Gasteiger charge is 2.25. The number of hydrogen-bond donors (Lipinski definition) is 2. The number of aromatic nitrogens is 2. The first-order valence-electron chi connectivity index (χ1n) is 10.7. The van der Waals surface area contributed by atoms with Gasteiger partial charge in [-0.05, 0) is 55.9 Å². The van der Waals surface area contributed by atoms with Crippen LogP contribution < -0.4 is 19.9 Å². The lowest BCUT2D eigenvalue weighted by Crippen LogP contribution is -3.07. The molecular formula is C23H28N3O3S+. The fourth-order valence-corrected chi connectivity index (χ4v) is 5.87. The summed E-state index contributed by atoms with van der Waals surface area (Å²) in [5.41, 5.74) is 2.42. The summed E-state index contributed by atoms with van der Waals surface area (Å²) >= 11 is 1.71. The van der Waals surface area contributed by atoms with Gasteiger partial charge in [0.2, 0.25) is 0 Å². The molecule has 0 spiro atoms. The SMILES string of the molecule is C[C@H]1CCc2c(sc3nc([C@H](C)[NH+](C)Cc4ccc5c(c4)OCCO5)[nH]c(=O)c23)C1. The van der Waals surface area contributed by atoms with Crippen LogP contribution in [0.4, 0.5) is 0 Å². The van der Waals surface area contributed by atoms with Gasteiger partial charge in [0.15, 0.2) is 17.3 Å². The van der Waals surface area contributed by atoms with E-state index in [9.17, 15) is 4.79 Å². The summed E-state index contributed by atoms with van der Waals surface area (Å²) < 4.78 is 11.3. The van der Waals surface area contributed by atoms with Crippen LogP contribution in [0.3, 0.4) is 0 Å². The molecule has 1 aliphatic carbocycles. The first-order valence-corrected chi connectivity index (χ1v) is 11.6. The number of aromatic amines is 1. The van der Waals surface area contributed by atoms with Gasteiger partial charge in [0.25, 0.3) is 5.56 Å². The molecule has 3 atom stereocenters. The van der Waals surface area contributed by atoms with Crippen molar-refractivity contribution in [3.63, 3.8) is 0 Å². The highest BCUT2D eigenvalue weighted by Crippen LogP contribution is 2.36. The zero-order chi connectivity index (χ0) is 20.8. The van der Waals surface area contributed by atoms with Crippen molar-refractivity contribution in [3.8, 4) is 11.5 Å². The molecule has 2 aromatic heterocycles. The van der Waals surface area contributed by atoms with Crippen LogP contribution in [0.2, 0.25) is 0 Å². The first kappa shape index (κ1) is 19.6. The molecule has 5 rings (SSSR count). The third kappa shape index (κ3) is 3.50. The van der Waals surface area contributed by atoms with Crippen molar-refractivity contribution in [1.29, 1.82) is 0 Å². The van der Waals surface area contributed by atoms with E-state index >= 15 is 0 Å². The molecule has 0 fully saturated rings. The van der Waals surface area contributed by atoms with E-state index < -0.39 is 0 Å². The maximum atomic E-state index is 12.9. The minimum atomic E-state index is 0.0148. The lowest BCUT2D eigenvalue weighted by molar-refractivity contribution is -0.924. The molecule has 7 heteroatoms. The van der Waals surface area contributed by atoms with E-state index in [1.165, 1.54) is 20.9 Å². The largest absolute Gasteiger partial charge is 0.486 e. The Balaban J connectivity index is 1.40. The summed E-state index contributed by atoms with van der Waals surface area (Å²) in [7, 11) is 2.13. The first-order chi connectivity index (χ1) is 14.5. The fraction of sp³-hybridized carbons (Fsp3) is 0.478. The Morgan fingerprint density at radius 1 is 1.30 bits per heavy atom. The van der Waals surface area contributed by atoms with Crippen LogP contribution in [-0.2, 0) is 19.4 Å². The van der Waals surface area contributed by atoms with Crippen LogP contribution in [0, 0.1) is 5.92 Å². The van der Waals surface area contributed by atoms with E-state index in [1.54, 1.807) is 11.3 Å². The van der Waals surface area contributed by atoms with Crippen molar-refractivity contribution in [2.45, 2.75) is 45.7 Å². The molecule has 0 amide bonds. The van der Waals surface area contributed by atoms with Gasteiger partial charge in [-0.2, -0.15) is 0 Å². The minimum absolute atomic E-state index is 0.0148. The number of nitrogens with one attached hydrogen (secondary N) is 2. The Hall–Kier alpha value is -2.38. The fourth-order valence-electron chi connectivity index (χ4n) is 4.48. The van der Waals surface area contributed by atoms with Crippen LogP contribution >= 0.6 is 11.3 Å². The van der Waals surface area contributed by atoms with Crippen LogP contribution in [0.25, 0.3) is 10.2 Å². The zero-order valence-electron chi connectivity index (χ0n) is 17.7. The van der Waals surface area contributed by atoms with Gasteiger partial charge in [0.05, 0.1) is 12.4 Å². The molecule has 0 saturated carbocycles. The maximum Gasteiger partial charge on any atom is 0.260 e. The number of benzene rings is 1. The van der Waals surface area contributed by atoms with Crippen LogP contribution in [0.5, 0.6) is 11.5 Å². The number of quaternary nitrogens is 1. The second-order valence-electron chi connectivity index (χ2n) is 8.71. The molecule has 2 N–H and O–H groups in total. The van der Waals surface area contributed by atoms with E-state index in [0.29, 0.717) is 19.1 Å². The number of aryl methyl sites for hydroxylation is 1. The minimum Gasteiger partial charge on any atom is -0.486 e. The summed E-state index contributed by atoms with van der Waals surface area (Å²) in [6.45, 7) is 6.39. The summed E-state index contributed by atoms with van der Waals surface area (Å²) in [5, 5.41) is 0.822. The summed E-state index contributed by atoms with van der Waals surface area (Å²) in [6, 6.07) is 6.18. The van der Waals surface area contributed by atoms with Crippen molar-refractivity contribution in [2.24, 2.45) is 5.92 Å². The summed E-state index contributed by atoms with van der Waals surface area (Å²) in [6.07, 6.45) is 3.21. The highest BCUT2D eigenvalue weighted by atomic mass is 32.1. The van der Waals surface area contributed by atoms with Crippen molar-refractivity contribution in [1.82, 2.24) is 9.97 Å². The zero-order valence-corrected chi connectivity index (χ0v) is 18.5. The predicted molar refractivity (Wildman–Crippen MR) is 118 cm³/mol. The maximum absolute atomic E-state index is 12.9. The number of hydrogen-bond acceptors (Lipinski definition) is 5. The normalized spacial score (nSPS) is 20.0. The third-order valence-corrected chi connectivity index (χ3v) is 7.57. The van der Waals surface area contributed by atoms with Gasteiger partial charge < -0.3 is 19.4 Å². The Morgan fingerprint density at radius 2 is 2.10 bits per heavy atom. The molecule has 3 aromatic rings. The van der Waals surface area contributed by atoms with E-state index in [1.807, 2.05) is 6.07 Å². The van der Waals surface area contributed by atoms with Crippen LogP contribution in [-0.4, -0.2) is 30.2 Å².